The van der Waals surface area contributed by atoms with Gasteiger partial charge in [0.25, 0.3) is 0 Å². The summed E-state index contributed by atoms with van der Waals surface area (Å²) in [6, 6.07) is 34.4. The van der Waals surface area contributed by atoms with Crippen LogP contribution >= 0.6 is 34.6 Å². The van der Waals surface area contributed by atoms with Crippen LogP contribution in [0.15, 0.2) is 109 Å². The number of benzene rings is 6. The average molecular weight is 1540 g/mol. The van der Waals surface area contributed by atoms with Crippen molar-refractivity contribution in [2.45, 2.75) is 20.8 Å². The summed E-state index contributed by atoms with van der Waals surface area (Å²) in [6.45, 7) is 6.03. The highest BCUT2D eigenvalue weighted by Crippen LogP contribution is 2.34. The molecule has 0 saturated carbocycles. The smallest absolute Gasteiger partial charge is 0.361 e. The van der Waals surface area contributed by atoms with Crippen LogP contribution < -0.4 is 4.72 Å². The van der Waals surface area contributed by atoms with Crippen molar-refractivity contribution in [2.24, 2.45) is 0 Å². The van der Waals surface area contributed by atoms with Gasteiger partial charge in [-0.15, -0.1) is 61.2 Å². The summed E-state index contributed by atoms with van der Waals surface area (Å²) in [7, 11) is -3.36. The molecule has 18 aromatic rings. The molecular weight excluding hydrogens is 1490 g/mol. The number of nitrogens with one attached hydrogen (secondary N) is 4. The molecule has 109 heavy (non-hydrogen) atoms. The number of hydrogen-bond donors (Lipinski definition) is 9. The lowest BCUT2D eigenvalue weighted by Crippen LogP contribution is -2.09. The number of phenolic OH excluding ortho intramolecular Hbond substituents is 5. The van der Waals surface area contributed by atoms with E-state index in [2.05, 4.69) is 110 Å². The van der Waals surface area contributed by atoms with Crippen molar-refractivity contribution in [3.05, 3.63) is 141 Å². The zero-order chi connectivity index (χ0) is 76.8. The first-order valence-corrected chi connectivity index (χ1v) is 35.6. The second-order valence-corrected chi connectivity index (χ2v) is 26.4. The maximum absolute atomic E-state index is 11.8. The highest BCUT2D eigenvalue weighted by molar-refractivity contribution is 7.92. The molecule has 12 heterocycles. The fourth-order valence-electron chi connectivity index (χ4n) is 10.5. The van der Waals surface area contributed by atoms with Crippen molar-refractivity contribution in [3.8, 4) is 47.0 Å². The SMILES string of the molecule is CCOC(=O)c1n[nH]c2c1nnc1ccc(O)cc12.CCOC(=O)c1snc2c1nnc1ccc(O)cc12.CCOC(=O)c1snc2c1nnc1ccc(O)cc12.CS(=O)(=O)Nc1ccc2nnc3c(C#N)n[nH]c3c2c1.N#Cc1n[nH]c2c1nnc1ccc(O)cc12.N#Cc1snc2c1nnc1ccc(O)cc12. The van der Waals surface area contributed by atoms with E-state index in [1.807, 2.05) is 18.2 Å². The van der Waals surface area contributed by atoms with E-state index in [0.29, 0.717) is 165 Å². The van der Waals surface area contributed by atoms with Gasteiger partial charge in [0.2, 0.25) is 10.0 Å². The largest absolute Gasteiger partial charge is 0.508 e. The van der Waals surface area contributed by atoms with Crippen molar-refractivity contribution >= 4 is 200 Å². The third-order valence-electron chi connectivity index (χ3n) is 15.2. The topological polar surface area (TPSA) is 577 Å². The molecule has 0 aliphatic heterocycles. The Morgan fingerprint density at radius 3 is 1.14 bits per heavy atom. The minimum Gasteiger partial charge on any atom is -0.508 e. The third-order valence-corrected chi connectivity index (χ3v) is 18.2. The number of aromatic hydroxyl groups is 5. The number of sulfonamides is 1. The van der Waals surface area contributed by atoms with E-state index in [9.17, 15) is 48.3 Å². The van der Waals surface area contributed by atoms with Crippen molar-refractivity contribution in [2.75, 3.05) is 30.8 Å². The lowest BCUT2D eigenvalue weighted by molar-refractivity contribution is 0.0515. The number of hydrogen-bond acceptors (Lipinski definition) is 37. The van der Waals surface area contributed by atoms with Gasteiger partial charge in [-0.1, -0.05) is 0 Å². The van der Waals surface area contributed by atoms with E-state index in [1.165, 1.54) is 24.3 Å². The van der Waals surface area contributed by atoms with Crippen LogP contribution in [-0.2, 0) is 24.2 Å². The van der Waals surface area contributed by atoms with Gasteiger partial charge >= 0.3 is 17.9 Å². The molecule has 6 aromatic carbocycles. The van der Waals surface area contributed by atoms with Gasteiger partial charge in [0.1, 0.15) is 96.6 Å². The van der Waals surface area contributed by atoms with Crippen LogP contribution in [0.5, 0.6) is 28.7 Å². The molecule has 42 heteroatoms. The zero-order valence-electron chi connectivity index (χ0n) is 56.0. The number of aromatic nitrogens is 21. The molecule has 0 aliphatic carbocycles. The normalized spacial score (nSPS) is 11.0. The van der Waals surface area contributed by atoms with Gasteiger partial charge in [-0.05, 0) is 165 Å². The highest BCUT2D eigenvalue weighted by Gasteiger charge is 2.23. The maximum Gasteiger partial charge on any atom is 0.361 e. The van der Waals surface area contributed by atoms with Crippen LogP contribution in [0, 0.1) is 34.0 Å². The quantitative estimate of drug-likeness (QED) is 0.0505. The molecule has 18 rings (SSSR count). The van der Waals surface area contributed by atoms with Crippen molar-refractivity contribution < 1.29 is 62.5 Å². The summed E-state index contributed by atoms with van der Waals surface area (Å²) in [5.74, 6) is -0.840. The Hall–Kier alpha value is -14.9. The Labute approximate surface area is 619 Å². The molecule has 0 bridgehead atoms. The number of carbonyl (C=O) groups excluding carboxylic acids is 3. The first kappa shape index (κ1) is 72.4. The number of nitriles is 3. The molecule has 540 valence electrons. The summed E-state index contributed by atoms with van der Waals surface area (Å²) < 4.78 is 52.3. The number of phenols is 5. The average Bonchev–Trinajstić information content (AvgIpc) is 1.71. The maximum atomic E-state index is 11.8. The van der Waals surface area contributed by atoms with Crippen molar-refractivity contribution in [1.82, 2.24) is 105 Å². The summed E-state index contributed by atoms with van der Waals surface area (Å²) in [5.41, 5.74) is 10.4. The minimum absolute atomic E-state index is 0.0922. The number of nitrogens with zero attached hydrogens (tertiary/aromatic N) is 21. The second kappa shape index (κ2) is 30.8. The Bertz CT molecular complexity index is 6480. The lowest BCUT2D eigenvalue weighted by Gasteiger charge is -2.05. The zero-order valence-corrected chi connectivity index (χ0v) is 59.3. The molecule has 12 aromatic heterocycles. The number of H-pyrrole nitrogens is 3. The van der Waals surface area contributed by atoms with Gasteiger partial charge in [-0.2, -0.15) is 44.2 Å². The Kier molecular flexibility index (Phi) is 20.5. The Balaban J connectivity index is 0.000000115. The molecule has 38 nitrogen and oxygen atoms in total. The number of ether oxygens (including phenoxy) is 3. The van der Waals surface area contributed by atoms with E-state index >= 15 is 0 Å². The third kappa shape index (κ3) is 15.0. The number of anilines is 1. The second-order valence-electron chi connectivity index (χ2n) is 22.3. The van der Waals surface area contributed by atoms with Gasteiger partial charge in [-0.25, -0.2) is 22.8 Å². The molecule has 0 aliphatic rings. The van der Waals surface area contributed by atoms with Gasteiger partial charge in [0.15, 0.2) is 31.7 Å². The first-order chi connectivity index (χ1) is 52.7. The van der Waals surface area contributed by atoms with Crippen LogP contribution in [0.2, 0.25) is 0 Å². The van der Waals surface area contributed by atoms with Crippen LogP contribution in [0.3, 0.4) is 0 Å². The lowest BCUT2D eigenvalue weighted by atomic mass is 10.2. The molecule has 0 spiro atoms. The molecule has 0 unspecified atom stereocenters. The first-order valence-electron chi connectivity index (χ1n) is 31.4. The molecule has 0 atom stereocenters. The summed E-state index contributed by atoms with van der Waals surface area (Å²) in [6.07, 6.45) is 1.07. The molecule has 9 N–H and O–H groups in total. The van der Waals surface area contributed by atoms with Gasteiger partial charge in [0, 0.05) is 38.0 Å². The van der Waals surface area contributed by atoms with Gasteiger partial charge in [0.05, 0.1) is 75.7 Å². The van der Waals surface area contributed by atoms with Crippen LogP contribution in [0.1, 0.15) is 66.9 Å². The predicted molar refractivity (Wildman–Crippen MR) is 395 cm³/mol. The summed E-state index contributed by atoms with van der Waals surface area (Å²) >= 11 is 3.13. The fourth-order valence-corrected chi connectivity index (χ4v) is 13.1. The van der Waals surface area contributed by atoms with Crippen molar-refractivity contribution in [1.29, 1.82) is 15.8 Å². The molecule has 0 amide bonds. The van der Waals surface area contributed by atoms with E-state index in [1.54, 1.807) is 106 Å². The summed E-state index contributed by atoms with van der Waals surface area (Å²) in [5, 5.41) is 146. The Morgan fingerprint density at radius 1 is 0.404 bits per heavy atom. The number of rotatable bonds is 8. The van der Waals surface area contributed by atoms with E-state index in [4.69, 9.17) is 30.0 Å². The highest BCUT2D eigenvalue weighted by atomic mass is 32.2. The van der Waals surface area contributed by atoms with Crippen molar-refractivity contribution in [3.63, 3.8) is 0 Å². The molecular formula is C67H45N25O13S4. The standard InChI is InChI=1S/C12H10N4O3.2C12H9N3O3S.C11H8N6O2S.C10H5N5O.C10H4N4OS/c1-2-19-12(18)11-10-9(14-16-11)7-5-6(17)3-4-8(7)13-15-10;2*1-2-18-12(17)11-10-9(15-19-11)7-5-6(16)3-4-8(7)13-14-10;1-20(18,19)17-6-2-3-8-7(4-6)10-11(16-13-8)9(5-12)14-15-10;11-4-8-10-9(14-13-8)6-3-5(16)1-2-7(6)12-15-10;11-4-8-10-9(14-16-8)6-3-5(15)1-2-7(6)12-13-10/h3-5,17H,2H2,1H3,(H,14,16);2*3-5,16H,2H2,1H3;2-4,17H,1H3,(H,14,15);1-3,16H,(H,13,14);1-3,15H. The van der Waals surface area contributed by atoms with Crippen LogP contribution in [-0.4, -0.2) is 183 Å². The minimum atomic E-state index is -3.36. The van der Waals surface area contributed by atoms with Gasteiger partial charge in [-0.3, -0.25) is 20.0 Å². The van der Waals surface area contributed by atoms with E-state index in [0.717, 1.165) is 40.9 Å². The Morgan fingerprint density at radius 2 is 0.734 bits per heavy atom. The summed E-state index contributed by atoms with van der Waals surface area (Å²) in [4.78, 5) is 36.3. The monoisotopic (exact) mass is 1540 g/mol. The predicted octanol–water partition coefficient (Wildman–Crippen LogP) is 9.28. The number of carbonyl (C=O) groups is 3. The van der Waals surface area contributed by atoms with Gasteiger partial charge < -0.3 is 39.7 Å². The fraction of sp³-hybridized carbons (Fsp3) is 0.104. The number of aromatic amines is 3. The molecule has 0 radical (unpaired) electrons. The van der Waals surface area contributed by atoms with Crippen LogP contribution in [0.4, 0.5) is 5.69 Å². The molecule has 0 fully saturated rings. The number of esters is 3. The van der Waals surface area contributed by atoms with E-state index < -0.39 is 27.9 Å². The molecule has 0 saturated heterocycles. The number of fused-ring (bicyclic) bond motifs is 18. The van der Waals surface area contributed by atoms with Crippen LogP contribution in [0.25, 0.3) is 132 Å². The van der Waals surface area contributed by atoms with E-state index in [-0.39, 0.29) is 52.4 Å².